The van der Waals surface area contributed by atoms with Gasteiger partial charge in [-0.3, -0.25) is 23.7 Å². The lowest BCUT2D eigenvalue weighted by Crippen LogP contribution is -2.63. The number of Topliss-reactive ketones (excluding diaryl/α,β-unsaturated/α-hetero) is 1. The first kappa shape index (κ1) is 44.3. The number of hydrogen-bond donors (Lipinski definition) is 1. The second-order valence-corrected chi connectivity index (χ2v) is 17.2. The van der Waals surface area contributed by atoms with Crippen LogP contribution in [0.5, 0.6) is 0 Å². The summed E-state index contributed by atoms with van der Waals surface area (Å²) in [5.74, 6) is -0.349. The molecule has 6 unspecified atom stereocenters. The first-order chi connectivity index (χ1) is 25.3. The van der Waals surface area contributed by atoms with Gasteiger partial charge in [0.05, 0.1) is 12.7 Å². The molecule has 4 fully saturated rings. The van der Waals surface area contributed by atoms with Crippen LogP contribution < -0.4 is 0 Å². The van der Waals surface area contributed by atoms with Crippen molar-refractivity contribution in [2.75, 3.05) is 26.2 Å². The van der Waals surface area contributed by atoms with E-state index < -0.39 is 65.6 Å². The molecular formula is C39H63NO13S. The van der Waals surface area contributed by atoms with Crippen LogP contribution >= 0.6 is 0 Å². The molecule has 3 saturated carbocycles. The molecule has 0 aromatic heterocycles. The summed E-state index contributed by atoms with van der Waals surface area (Å²) in [6.45, 7) is 19.1. The van der Waals surface area contributed by atoms with Crippen molar-refractivity contribution in [3.05, 3.63) is 11.6 Å². The fraction of sp³-hybridized carbons (Fsp3) is 0.846. The van der Waals surface area contributed by atoms with Crippen molar-refractivity contribution in [3.63, 3.8) is 0 Å². The van der Waals surface area contributed by atoms with Crippen molar-refractivity contribution in [1.82, 2.24) is 4.90 Å². The summed E-state index contributed by atoms with van der Waals surface area (Å²) < 4.78 is 65.5. The summed E-state index contributed by atoms with van der Waals surface area (Å²) in [6.07, 6.45) is 2.16. The molecule has 1 aliphatic heterocycles. The lowest BCUT2D eigenvalue weighted by molar-refractivity contribution is -0.317. The van der Waals surface area contributed by atoms with Gasteiger partial charge in [-0.25, -0.2) is 4.18 Å². The number of ether oxygens (including phenoxy) is 5. The number of nitrogens with zero attached hydrogens (tertiary/aromatic N) is 1. The Morgan fingerprint density at radius 2 is 1.43 bits per heavy atom. The maximum Gasteiger partial charge on any atom is 0.397 e. The number of ketones is 1. The van der Waals surface area contributed by atoms with Crippen LogP contribution in [0.3, 0.4) is 0 Å². The average Bonchev–Trinajstić information content (AvgIpc) is 3.44. The zero-order chi connectivity index (χ0) is 40.2. The molecule has 0 amide bonds. The van der Waals surface area contributed by atoms with E-state index in [9.17, 15) is 32.1 Å². The number of fused-ring (bicyclic) bond motifs is 5. The minimum Gasteiger partial charge on any atom is -0.456 e. The van der Waals surface area contributed by atoms with Crippen molar-refractivity contribution in [2.24, 2.45) is 34.5 Å². The lowest BCUT2D eigenvalue weighted by Gasteiger charge is -2.58. The molecule has 5 rings (SSSR count). The van der Waals surface area contributed by atoms with Crippen LogP contribution in [0.1, 0.15) is 114 Å². The van der Waals surface area contributed by atoms with Gasteiger partial charge in [-0.05, 0) is 107 Å². The molecule has 0 aromatic rings. The largest absolute Gasteiger partial charge is 0.456 e. The number of hydrogen-bond acceptors (Lipinski definition) is 13. The zero-order valence-electron chi connectivity index (χ0n) is 33.5. The lowest BCUT2D eigenvalue weighted by atomic mass is 9.47. The molecule has 0 bridgehead atoms. The van der Waals surface area contributed by atoms with Gasteiger partial charge in [0.25, 0.3) is 0 Å². The van der Waals surface area contributed by atoms with Gasteiger partial charge in [-0.15, -0.1) is 0 Å². The van der Waals surface area contributed by atoms with Crippen LogP contribution in [0, 0.1) is 34.5 Å². The highest BCUT2D eigenvalue weighted by Crippen LogP contribution is 2.66. The third kappa shape index (κ3) is 10.1. The molecule has 5 aliphatic rings. The van der Waals surface area contributed by atoms with E-state index in [1.807, 2.05) is 0 Å². The Morgan fingerprint density at radius 3 is 1.96 bits per heavy atom. The van der Waals surface area contributed by atoms with E-state index in [-0.39, 0.29) is 22.9 Å². The Kier molecular flexibility index (Phi) is 14.9. The molecule has 15 heteroatoms. The van der Waals surface area contributed by atoms with Gasteiger partial charge >= 0.3 is 28.3 Å². The molecule has 14 nitrogen and oxygen atoms in total. The normalized spacial score (nSPS) is 37.4. The molecule has 54 heavy (non-hydrogen) atoms. The third-order valence-electron chi connectivity index (χ3n) is 13.1. The highest BCUT2D eigenvalue weighted by molar-refractivity contribution is 7.80. The van der Waals surface area contributed by atoms with Gasteiger partial charge in [-0.1, -0.05) is 46.3 Å². The smallest absolute Gasteiger partial charge is 0.397 e. The second kappa shape index (κ2) is 18.2. The van der Waals surface area contributed by atoms with Gasteiger partial charge in [0.1, 0.15) is 11.9 Å². The Bertz CT molecular complexity index is 1490. The van der Waals surface area contributed by atoms with Crippen molar-refractivity contribution < 1.29 is 60.0 Å². The minimum atomic E-state index is -4.92. The molecule has 1 saturated heterocycles. The summed E-state index contributed by atoms with van der Waals surface area (Å²) in [5, 5.41) is 0. The molecular weight excluding hydrogens is 722 g/mol. The second-order valence-electron chi connectivity index (χ2n) is 16.1. The minimum absolute atomic E-state index is 0.0340. The molecule has 0 spiro atoms. The first-order valence-electron chi connectivity index (χ1n) is 19.6. The van der Waals surface area contributed by atoms with Gasteiger partial charge < -0.3 is 28.6 Å². The van der Waals surface area contributed by atoms with E-state index in [0.717, 1.165) is 59.3 Å². The van der Waals surface area contributed by atoms with Crippen LogP contribution in [0.25, 0.3) is 0 Å². The van der Waals surface area contributed by atoms with Crippen LogP contribution in [-0.4, -0.2) is 105 Å². The predicted molar refractivity (Wildman–Crippen MR) is 197 cm³/mol. The summed E-state index contributed by atoms with van der Waals surface area (Å²) in [6, 6.07) is 0. The average molecular weight is 786 g/mol. The van der Waals surface area contributed by atoms with Gasteiger partial charge in [-0.2, -0.15) is 8.42 Å². The number of esters is 3. The number of allylic oxidation sites excluding steroid dienone is 1. The molecule has 1 N–H and O–H groups in total. The van der Waals surface area contributed by atoms with Crippen LogP contribution in [-0.2, 0) is 57.4 Å². The van der Waals surface area contributed by atoms with E-state index in [1.54, 1.807) is 6.92 Å². The van der Waals surface area contributed by atoms with E-state index in [4.69, 9.17) is 23.7 Å². The third-order valence-corrected chi connectivity index (χ3v) is 13.5. The number of rotatable bonds is 12. The Hall–Kier alpha value is -2.43. The molecule has 1 heterocycles. The monoisotopic (exact) mass is 785 g/mol. The van der Waals surface area contributed by atoms with Gasteiger partial charge in [0.2, 0.25) is 0 Å². The summed E-state index contributed by atoms with van der Waals surface area (Å²) in [7, 11) is -4.92. The van der Waals surface area contributed by atoms with Crippen LogP contribution in [0.4, 0.5) is 0 Å². The summed E-state index contributed by atoms with van der Waals surface area (Å²) in [5.41, 5.74) is 1.31. The molecule has 12 atom stereocenters. The molecule has 0 radical (unpaired) electrons. The topological polar surface area (TPSA) is 181 Å². The van der Waals surface area contributed by atoms with E-state index in [2.05, 4.69) is 49.8 Å². The van der Waals surface area contributed by atoms with Gasteiger partial charge in [0.15, 0.2) is 24.6 Å². The standard InChI is InChI=1S/C33H48O13S.C6H15N/c1-17(34)24-9-10-25-23-8-7-21-15-22(11-13-32(21,5)26(23)12-14-33(24,25)6)45-31-30(44-20(4)37)29(43-19(3)36)28(42-18(2)35)27(46-31)16-41-47(38,39)40;1-4-7(5-2)6-3/h7,22-31H,8-16H2,1-6H3,(H,38,39,40);4-6H2,1-3H3/t22?,23-,24+,25-,26-,27?,28?,29?,30?,31?,32-,33+;/m0./s1. The number of carbonyl (C=O) groups excluding carboxylic acids is 4. The SMILES string of the molecule is CC(=O)OC1C(COS(=O)(=O)O)OC(OC2CC[C@@]3(C)C(=CC[C@H]4[C@@H]5CC[C@H](C(C)=O)[C@@]5(C)CC[C@@H]43)C2)C(OC(C)=O)C1OC(C)=O.CCN(CC)CC. The van der Waals surface area contributed by atoms with E-state index >= 15 is 0 Å². The predicted octanol–water partition coefficient (Wildman–Crippen LogP) is 5.23. The van der Waals surface area contributed by atoms with Crippen molar-refractivity contribution >= 4 is 34.1 Å². The van der Waals surface area contributed by atoms with E-state index in [0.29, 0.717) is 36.4 Å². The fourth-order valence-corrected chi connectivity index (χ4v) is 10.8. The number of carbonyl (C=O) groups is 4. The highest BCUT2D eigenvalue weighted by atomic mass is 32.3. The van der Waals surface area contributed by atoms with Crippen molar-refractivity contribution in [1.29, 1.82) is 0 Å². The highest BCUT2D eigenvalue weighted by Gasteiger charge is 2.60. The maximum absolute atomic E-state index is 12.5. The van der Waals surface area contributed by atoms with Crippen molar-refractivity contribution in [2.45, 2.75) is 150 Å². The maximum atomic E-state index is 12.5. The van der Waals surface area contributed by atoms with Crippen LogP contribution in [0.15, 0.2) is 11.6 Å². The Balaban J connectivity index is 0.000000845. The Labute approximate surface area is 321 Å². The summed E-state index contributed by atoms with van der Waals surface area (Å²) in [4.78, 5) is 51.3. The first-order valence-corrected chi connectivity index (χ1v) is 21.0. The van der Waals surface area contributed by atoms with E-state index in [1.165, 1.54) is 25.2 Å². The fourth-order valence-electron chi connectivity index (χ4n) is 10.5. The van der Waals surface area contributed by atoms with Gasteiger partial charge in [0, 0.05) is 26.7 Å². The molecule has 0 aromatic carbocycles. The quantitative estimate of drug-likeness (QED) is 0.118. The van der Waals surface area contributed by atoms with Crippen LogP contribution in [0.2, 0.25) is 0 Å². The Morgan fingerprint density at radius 1 is 0.833 bits per heavy atom. The molecule has 308 valence electrons. The summed E-state index contributed by atoms with van der Waals surface area (Å²) >= 11 is 0. The molecule has 4 aliphatic carbocycles. The zero-order valence-corrected chi connectivity index (χ0v) is 34.4. The van der Waals surface area contributed by atoms with Crippen molar-refractivity contribution in [3.8, 4) is 0 Å².